The Balaban J connectivity index is 1.83. The van der Waals surface area contributed by atoms with Crippen molar-refractivity contribution in [3.8, 4) is 5.69 Å². The third-order valence-electron chi connectivity index (χ3n) is 5.83. The molecule has 10 nitrogen and oxygen atoms in total. The number of nitrogens with one attached hydrogen (secondary N) is 2. The van der Waals surface area contributed by atoms with Crippen LogP contribution in [0.1, 0.15) is 22.3 Å². The summed E-state index contributed by atoms with van der Waals surface area (Å²) in [5, 5.41) is 17.0. The normalized spacial score (nSPS) is 13.6. The minimum absolute atomic E-state index is 0.0825. The highest BCUT2D eigenvalue weighted by Crippen LogP contribution is 2.33. The summed E-state index contributed by atoms with van der Waals surface area (Å²) in [5.74, 6) is -0.709. The van der Waals surface area contributed by atoms with E-state index in [-0.39, 0.29) is 23.4 Å². The number of hydrogen-bond donors (Lipinski definition) is 3. The smallest absolute Gasteiger partial charge is 0.416 e. The van der Waals surface area contributed by atoms with E-state index in [0.29, 0.717) is 16.8 Å². The van der Waals surface area contributed by atoms with Gasteiger partial charge in [-0.25, -0.2) is 9.59 Å². The van der Waals surface area contributed by atoms with Gasteiger partial charge in [-0.2, -0.15) is 13.2 Å². The van der Waals surface area contributed by atoms with Crippen molar-refractivity contribution in [3.63, 3.8) is 0 Å². The van der Waals surface area contributed by atoms with E-state index in [1.165, 1.54) is 36.1 Å². The number of carbonyl (C=O) groups is 1. The van der Waals surface area contributed by atoms with Crippen LogP contribution in [0.4, 0.5) is 23.7 Å². The largest absolute Gasteiger partial charge is 0.447 e. The predicted molar refractivity (Wildman–Crippen MR) is 122 cm³/mol. The first-order chi connectivity index (χ1) is 17.0. The van der Waals surface area contributed by atoms with E-state index >= 15 is 0 Å². The summed E-state index contributed by atoms with van der Waals surface area (Å²) in [5.41, 5.74) is -0.904. The summed E-state index contributed by atoms with van der Waals surface area (Å²) in [6.45, 7) is 1.32. The summed E-state index contributed by atoms with van der Waals surface area (Å²) in [6.07, 6.45) is -4.10. The van der Waals surface area contributed by atoms with Gasteiger partial charge < -0.3 is 4.74 Å². The lowest BCUT2D eigenvalue weighted by atomic mass is 10.0. The zero-order chi connectivity index (χ0) is 26.2. The van der Waals surface area contributed by atoms with Gasteiger partial charge in [0.1, 0.15) is 12.2 Å². The fourth-order valence-electron chi connectivity index (χ4n) is 3.91. The van der Waals surface area contributed by atoms with Crippen molar-refractivity contribution in [3.05, 3.63) is 91.8 Å². The predicted octanol–water partition coefficient (Wildman–Crippen LogP) is 2.64. The van der Waals surface area contributed by atoms with Crippen LogP contribution in [0.25, 0.3) is 5.69 Å². The lowest BCUT2D eigenvalue weighted by Gasteiger charge is -2.17. The maximum absolute atomic E-state index is 13.4. The van der Waals surface area contributed by atoms with Crippen LogP contribution in [0, 0.1) is 12.3 Å². The van der Waals surface area contributed by atoms with Crippen molar-refractivity contribution < 1.29 is 27.9 Å². The number of aromatic nitrogens is 2. The Hall–Kier alpha value is -4.39. The van der Waals surface area contributed by atoms with Gasteiger partial charge in [-0.3, -0.25) is 34.9 Å². The van der Waals surface area contributed by atoms with Crippen LogP contribution >= 0.6 is 0 Å². The molecule has 0 bridgehead atoms. The Labute approximate surface area is 201 Å². The fourth-order valence-corrected chi connectivity index (χ4v) is 3.91. The number of alkyl halides is 3. The molecule has 0 spiro atoms. The van der Waals surface area contributed by atoms with E-state index in [1.54, 1.807) is 17.6 Å². The van der Waals surface area contributed by atoms with Gasteiger partial charge in [-0.15, -0.1) is 0 Å². The molecular weight excluding hydrogens is 483 g/mol. The van der Waals surface area contributed by atoms with Crippen molar-refractivity contribution in [2.75, 3.05) is 18.1 Å². The highest BCUT2D eigenvalue weighted by atomic mass is 19.4. The van der Waals surface area contributed by atoms with Crippen LogP contribution in [0.5, 0.6) is 0 Å². The molecule has 4 rings (SSSR count). The molecule has 0 aliphatic carbocycles. The number of anilines is 1. The minimum atomic E-state index is -4.63. The maximum Gasteiger partial charge on any atom is 0.416 e. The van der Waals surface area contributed by atoms with Crippen LogP contribution in [0.2, 0.25) is 0 Å². The number of benzene rings is 2. The van der Waals surface area contributed by atoms with Crippen molar-refractivity contribution in [1.82, 2.24) is 14.6 Å². The summed E-state index contributed by atoms with van der Waals surface area (Å²) < 4.78 is 46.7. The number of rotatable bonds is 5. The quantitative estimate of drug-likeness (QED) is 0.279. The van der Waals surface area contributed by atoms with Gasteiger partial charge in [-0.1, -0.05) is 12.1 Å². The molecule has 1 fully saturated rings. The number of hydrogen-bond acceptors (Lipinski definition) is 6. The molecule has 188 valence electrons. The topological polar surface area (TPSA) is 130 Å². The Morgan fingerprint density at radius 2 is 1.78 bits per heavy atom. The number of hydroxylamine groups is 1. The zero-order valence-corrected chi connectivity index (χ0v) is 18.8. The molecule has 1 amide bonds. The fraction of sp³-hybridized carbons (Fsp3) is 0.217. The van der Waals surface area contributed by atoms with Gasteiger partial charge in [0.25, 0.3) is 5.56 Å². The van der Waals surface area contributed by atoms with Gasteiger partial charge in [-0.05, 0) is 48.4 Å². The summed E-state index contributed by atoms with van der Waals surface area (Å²) >= 11 is 0. The van der Waals surface area contributed by atoms with E-state index in [9.17, 15) is 32.8 Å². The Morgan fingerprint density at radius 1 is 1.11 bits per heavy atom. The average Bonchev–Trinajstić information content (AvgIpc) is 3.27. The summed E-state index contributed by atoms with van der Waals surface area (Å²) in [7, 11) is 0. The number of ether oxygens (including phenoxy) is 1. The second-order valence-corrected chi connectivity index (χ2v) is 7.94. The highest BCUT2D eigenvalue weighted by molar-refractivity contribution is 5.95. The van der Waals surface area contributed by atoms with Crippen molar-refractivity contribution in [2.45, 2.75) is 19.6 Å². The number of cyclic esters (lactones) is 1. The molecule has 1 aromatic heterocycles. The molecule has 13 heteroatoms. The van der Waals surface area contributed by atoms with Crippen molar-refractivity contribution in [2.24, 2.45) is 0 Å². The molecule has 3 aromatic rings. The minimum Gasteiger partial charge on any atom is -0.447 e. The number of nitrogens with zero attached hydrogens (tertiary/aromatic N) is 3. The number of carbonyl (C=O) groups excluding carboxylic acids is 1. The van der Waals surface area contributed by atoms with Crippen LogP contribution in [0.3, 0.4) is 0 Å². The van der Waals surface area contributed by atoms with Crippen LogP contribution in [-0.2, 0) is 17.5 Å². The first-order valence-electron chi connectivity index (χ1n) is 10.6. The van der Waals surface area contributed by atoms with E-state index in [2.05, 4.69) is 0 Å². The molecule has 0 radical (unpaired) electrons. The lowest BCUT2D eigenvalue weighted by Crippen LogP contribution is -2.43. The monoisotopic (exact) mass is 503 g/mol. The van der Waals surface area contributed by atoms with Gasteiger partial charge in [0, 0.05) is 11.9 Å². The highest BCUT2D eigenvalue weighted by Gasteiger charge is 2.33. The molecule has 1 saturated heterocycles. The van der Waals surface area contributed by atoms with Gasteiger partial charge in [0.05, 0.1) is 24.3 Å². The molecule has 3 N–H and O–H groups in total. The summed E-state index contributed by atoms with van der Waals surface area (Å²) in [6, 6.07) is 9.54. The Morgan fingerprint density at radius 3 is 2.36 bits per heavy atom. The molecule has 0 unspecified atom stereocenters. The first-order valence-corrected chi connectivity index (χ1v) is 10.6. The molecule has 2 aromatic carbocycles. The average molecular weight is 503 g/mol. The number of halogens is 3. The molecule has 1 aliphatic heterocycles. The van der Waals surface area contributed by atoms with Gasteiger partial charge >= 0.3 is 18.0 Å². The molecule has 1 aliphatic rings. The van der Waals surface area contributed by atoms with Crippen LogP contribution in [-0.4, -0.2) is 39.4 Å². The van der Waals surface area contributed by atoms with E-state index in [0.717, 1.165) is 16.8 Å². The Kier molecular flexibility index (Phi) is 6.41. The SMILES string of the molecule is Cc1c(Cn2c(=O)c(C(=N)NO)cn(-c3ccc(N4CCOC4=O)cc3)c2=O)cccc1C(F)(F)F. The molecule has 2 heterocycles. The lowest BCUT2D eigenvalue weighted by molar-refractivity contribution is -0.138. The van der Waals surface area contributed by atoms with Crippen LogP contribution in [0.15, 0.2) is 58.3 Å². The summed E-state index contributed by atoms with van der Waals surface area (Å²) in [4.78, 5) is 39.5. The maximum atomic E-state index is 13.4. The number of amides is 1. The van der Waals surface area contributed by atoms with Gasteiger partial charge in [0.2, 0.25) is 0 Å². The first kappa shape index (κ1) is 24.7. The second kappa shape index (κ2) is 9.34. The van der Waals surface area contributed by atoms with Crippen LogP contribution < -0.4 is 21.6 Å². The second-order valence-electron chi connectivity index (χ2n) is 7.94. The third-order valence-corrected chi connectivity index (χ3v) is 5.83. The van der Waals surface area contributed by atoms with E-state index < -0.39 is 47.0 Å². The zero-order valence-electron chi connectivity index (χ0n) is 18.8. The van der Waals surface area contributed by atoms with Crippen molar-refractivity contribution >= 4 is 17.6 Å². The standard InChI is InChI=1S/C23H20F3N5O5/c1-13-14(3-2-4-18(13)23(24,25)26)11-31-20(32)17(19(27)28-35)12-30(21(31)33)16-7-5-15(6-8-16)29-9-10-36-22(29)34/h2-8,12,35H,9-11H2,1H3,(H2,27,28). The molecular formula is C23H20F3N5O5. The molecule has 0 atom stereocenters. The molecule has 0 saturated carbocycles. The van der Waals surface area contributed by atoms with E-state index in [4.69, 9.17) is 10.1 Å². The number of amidine groups is 1. The third kappa shape index (κ3) is 4.47. The van der Waals surface area contributed by atoms with Gasteiger partial charge in [0.15, 0.2) is 5.84 Å². The Bertz CT molecular complexity index is 1460. The molecule has 36 heavy (non-hydrogen) atoms. The van der Waals surface area contributed by atoms with E-state index in [1.807, 2.05) is 0 Å². The van der Waals surface area contributed by atoms with Crippen molar-refractivity contribution in [1.29, 1.82) is 5.41 Å².